The number of benzene rings is 3. The number of likely N-dealkylation sites (tertiary alicyclic amines) is 1. The summed E-state index contributed by atoms with van der Waals surface area (Å²) in [5, 5.41) is 31.9. The van der Waals surface area contributed by atoms with Crippen molar-refractivity contribution in [3.8, 4) is 5.75 Å². The van der Waals surface area contributed by atoms with Gasteiger partial charge in [0, 0.05) is 75.4 Å². The van der Waals surface area contributed by atoms with Crippen LogP contribution in [0.1, 0.15) is 160 Å². The van der Waals surface area contributed by atoms with Gasteiger partial charge in [-0.05, 0) is 158 Å². The number of hydrogen-bond acceptors (Lipinski definition) is 19. The summed E-state index contributed by atoms with van der Waals surface area (Å²) in [5.74, 6) is -3.14. The van der Waals surface area contributed by atoms with Gasteiger partial charge in [0.1, 0.15) is 46.4 Å². The van der Waals surface area contributed by atoms with Crippen LogP contribution in [0.2, 0.25) is 5.02 Å². The smallest absolute Gasteiger partial charge is 0.408 e. The maximum atomic E-state index is 13.5. The van der Waals surface area contributed by atoms with Gasteiger partial charge in [-0.2, -0.15) is 6.67 Å². The van der Waals surface area contributed by atoms with Gasteiger partial charge < -0.3 is 79.5 Å². The summed E-state index contributed by atoms with van der Waals surface area (Å²) in [7, 11) is 11.7. The molecule has 3 saturated heterocycles. The van der Waals surface area contributed by atoms with Crippen molar-refractivity contribution in [3.05, 3.63) is 131 Å². The molecule has 0 bridgehead atoms. The fourth-order valence-corrected chi connectivity index (χ4v) is 15.7. The second kappa shape index (κ2) is 41.6. The summed E-state index contributed by atoms with van der Waals surface area (Å²) in [6.07, 6.45) is 7.29. The number of unbranched alkanes of at least 4 members (excludes halogenated alkanes) is 1. The third-order valence-electron chi connectivity index (χ3n) is 18.5. The number of β-amino-alcohol motifs (C(OH)–C–C–N with tert-alkyl or cyclic N) is 1. The van der Waals surface area contributed by atoms with Crippen molar-refractivity contribution in [2.45, 2.75) is 227 Å². The predicted octanol–water partition coefficient (Wildman–Crippen LogP) is 11.3. The fourth-order valence-electron chi connectivity index (χ4n) is 13.8. The Bertz CT molecular complexity index is 3700. The zero-order chi connectivity index (χ0) is 81.8. The van der Waals surface area contributed by atoms with Crippen LogP contribution in [-0.2, 0) is 70.7 Å². The van der Waals surface area contributed by atoms with Gasteiger partial charge in [-0.1, -0.05) is 59.7 Å². The Labute approximate surface area is 667 Å². The van der Waals surface area contributed by atoms with E-state index in [2.05, 4.69) is 117 Å². The molecule has 4 heterocycles. The number of hydrogen-bond donors (Lipinski definition) is 6. The molecular weight excluding hydrogens is 1560 g/mol. The number of esters is 2. The standard InChI is InChI=1S/C26H41N3O8.C24H37N3O8.C21H27N2.C10H11ClO.2ClH.Ru/c1-7-10-11-12-35-16-19(27-24(34)37-25(4,5)6)22(32)29-15-18(30)13-20(29)21(31)28-26(14-17(26)8-2)23(33)36-9-3;1-5-34-21(31)24-12-15(24)9-7-6-8-10-33-14-17(25-22(32)35-23(2,3)4)20(30)27-13-16(28)11-18(27)19(29)26-24;1-14-9-16(3)20(17(4)10-14)22-7-8-23(13-22)21-18(5)11-15(2)12-19(21)6;1-7(2)12-10-5-4-9(11)6-8(10)3;;;/h7-8,17-20,30H,1-2,9-16H2,3-6H3,(H,27,34)(H,28,31);7,9,15-18,28H,5-6,8,10-14H2,1-4H3,(H,25,32)(H,26,29);9-13H,7-8H2,1-6H3;3-7H,1-2H3;2*1H;/q;;-1;;;;+2/p-2/b;9-7-;;;;;/t17-,18-,19+,20+,26-;15-,16-,17+,18+,24-;;;;;/m11...../s1. The summed E-state index contributed by atoms with van der Waals surface area (Å²) >= 11 is 4.04. The number of fused-ring (bicyclic) bond motifs is 2. The van der Waals surface area contributed by atoms with Gasteiger partial charge in [0.2, 0.25) is 23.6 Å². The number of allylic oxidation sites excluding steroid dienone is 2. The first-order valence-corrected chi connectivity index (χ1v) is 43.4. The molecule has 29 heteroatoms. The third kappa shape index (κ3) is 26.8. The Balaban J connectivity index is 0.000000240. The molecule has 5 fully saturated rings. The molecule has 10 atom stereocenters. The van der Waals surface area contributed by atoms with Crippen LogP contribution in [0.5, 0.6) is 5.75 Å². The summed E-state index contributed by atoms with van der Waals surface area (Å²) in [6, 6.07) is 10.2. The Morgan fingerprint density at radius 1 is 0.809 bits per heavy atom. The zero-order valence-corrected chi connectivity index (χ0v) is 70.6. The van der Waals surface area contributed by atoms with E-state index in [9.17, 15) is 48.6 Å². The number of anilines is 2. The topological polar surface area (TPSA) is 303 Å². The number of alkyl carbamates (subject to hydrolysis) is 2. The van der Waals surface area contributed by atoms with Crippen LogP contribution in [0.4, 0.5) is 21.0 Å². The van der Waals surface area contributed by atoms with Gasteiger partial charge in [0.05, 0.1) is 38.6 Å². The Hall–Kier alpha value is -7.16. The van der Waals surface area contributed by atoms with Gasteiger partial charge in [-0.25, -0.2) is 19.2 Å². The average Bonchev–Trinajstić information content (AvgIpc) is 1.59. The molecule has 6 aliphatic rings. The molecule has 0 unspecified atom stereocenters. The minimum atomic E-state index is -1.85. The van der Waals surface area contributed by atoms with Gasteiger partial charge in [0.15, 0.2) is 0 Å². The van der Waals surface area contributed by atoms with Crippen molar-refractivity contribution in [1.29, 1.82) is 0 Å². The molecule has 110 heavy (non-hydrogen) atoms. The summed E-state index contributed by atoms with van der Waals surface area (Å²) < 4.78 is 39.7. The first kappa shape index (κ1) is 91.7. The largest absolute Gasteiger partial charge is 0.502 e. The molecule has 612 valence electrons. The Kier molecular flexibility index (Phi) is 34.7. The van der Waals surface area contributed by atoms with E-state index in [1.165, 1.54) is 54.6 Å². The second-order valence-corrected chi connectivity index (χ2v) is 36.9. The number of nitrogens with zero attached hydrogens (tertiary/aromatic N) is 4. The monoisotopic (exact) mass is 1680 g/mol. The van der Waals surface area contributed by atoms with Crippen LogP contribution in [0, 0.1) is 60.0 Å². The van der Waals surface area contributed by atoms with Crippen LogP contribution in [0.25, 0.3) is 0 Å². The number of aliphatic hydroxyl groups is 2. The Morgan fingerprint density at radius 2 is 1.39 bits per heavy atom. The summed E-state index contributed by atoms with van der Waals surface area (Å²) in [4.78, 5) is 111. The van der Waals surface area contributed by atoms with Gasteiger partial charge in [0.25, 0.3) is 0 Å². The number of carbonyl (C=O) groups is 8. The van der Waals surface area contributed by atoms with E-state index in [0.29, 0.717) is 50.3 Å². The molecule has 4 aliphatic heterocycles. The zero-order valence-electron chi connectivity index (χ0n) is 66.6. The number of carbonyl (C=O) groups excluding carboxylic acids is 8. The van der Waals surface area contributed by atoms with E-state index in [-0.39, 0.29) is 70.3 Å². The van der Waals surface area contributed by atoms with Crippen molar-refractivity contribution in [3.63, 3.8) is 0 Å². The molecule has 25 nitrogen and oxygen atoms in total. The van der Waals surface area contributed by atoms with Crippen LogP contribution < -0.4 is 35.8 Å². The predicted molar refractivity (Wildman–Crippen MR) is 424 cm³/mol. The quantitative estimate of drug-likeness (QED) is 0.0144. The first-order chi connectivity index (χ1) is 51.7. The molecule has 9 rings (SSSR count). The number of ether oxygens (including phenoxy) is 7. The minimum Gasteiger partial charge on any atom is -0.502 e. The van der Waals surface area contributed by atoms with Crippen LogP contribution in [-0.4, -0.2) is 203 Å². The molecule has 3 aromatic carbocycles. The van der Waals surface area contributed by atoms with Crippen LogP contribution in [0.3, 0.4) is 0 Å². The van der Waals surface area contributed by atoms with E-state index in [0.717, 1.165) is 30.8 Å². The number of aliphatic hydroxyl groups excluding tert-OH is 2. The van der Waals surface area contributed by atoms with Crippen molar-refractivity contribution in [1.82, 2.24) is 31.1 Å². The molecule has 3 aromatic rings. The number of rotatable bonds is 21. The Morgan fingerprint density at radius 3 is 1.94 bits per heavy atom. The molecule has 0 spiro atoms. The molecule has 0 radical (unpaired) electrons. The molecular formula is C81H116Cl3N8O17Ru-. The molecule has 2 aliphatic carbocycles. The second-order valence-electron chi connectivity index (χ2n) is 30.7. The average molecular weight is 1680 g/mol. The SMILES string of the molecule is C=CCCCOC[C@H](NC(=O)OC(C)(C)C)C(=O)N1C[C@H](O)C[C@H]1C(=O)N[C@]1(C(=O)OCC)C[C@H]1C=C.CC(C)Oc1ccc(Cl)cc1[CH]=[Ru]([Cl])[Cl].CCOC(=O)[C@@]12C[C@H]1/C=C\CCCOC[C@H](NC(=O)OC(C)(C)C)C(=O)N1C[C@H](O)C[C@H]1C(=O)N2.Cc1cc(C)c(N2[CH-]N(c3c(C)cc(C)cc3C)CC2)c(C)c1. The molecule has 6 N–H and O–H groups in total. The van der Waals surface area contributed by atoms with E-state index in [1.54, 1.807) is 73.6 Å². The molecule has 6 amide bonds. The first-order valence-electron chi connectivity index (χ1n) is 37.5. The third-order valence-corrected chi connectivity index (χ3v) is 20.6. The van der Waals surface area contributed by atoms with Crippen molar-refractivity contribution in [2.75, 3.05) is 75.6 Å². The van der Waals surface area contributed by atoms with E-state index >= 15 is 0 Å². The van der Waals surface area contributed by atoms with Gasteiger partial charge in [-0.15, -0.1) is 13.2 Å². The van der Waals surface area contributed by atoms with Crippen molar-refractivity contribution in [2.24, 2.45) is 11.8 Å². The normalized spacial score (nSPS) is 23.7. The van der Waals surface area contributed by atoms with Crippen LogP contribution in [0.15, 0.2) is 79.9 Å². The van der Waals surface area contributed by atoms with Gasteiger partial charge in [-0.3, -0.25) is 19.2 Å². The number of amides is 6. The minimum absolute atomic E-state index is 0.0109. The number of aryl methyl sites for hydroxylation is 6. The van der Waals surface area contributed by atoms with E-state index in [1.807, 2.05) is 42.7 Å². The maximum absolute atomic E-state index is 13.5. The summed E-state index contributed by atoms with van der Waals surface area (Å²) in [5.41, 5.74) is 7.73. The van der Waals surface area contributed by atoms with Crippen LogP contribution >= 0.6 is 31.0 Å². The molecule has 2 saturated carbocycles. The number of halogens is 3. The number of nitrogens with one attached hydrogen (secondary N) is 4. The van der Waals surface area contributed by atoms with Gasteiger partial charge >= 0.3 is 132 Å². The van der Waals surface area contributed by atoms with E-state index < -0.39 is 120 Å². The van der Waals surface area contributed by atoms with Crippen molar-refractivity contribution < 1.29 is 95.2 Å². The maximum Gasteiger partial charge on any atom is 0.408 e. The van der Waals surface area contributed by atoms with E-state index in [4.69, 9.17) is 64.1 Å². The molecule has 0 aromatic heterocycles. The fraction of sp³-hybridized carbons (Fsp3) is 0.580. The summed E-state index contributed by atoms with van der Waals surface area (Å²) in [6.45, 7) is 43.0. The van der Waals surface area contributed by atoms with Crippen molar-refractivity contribution >= 4 is 94.7 Å².